The summed E-state index contributed by atoms with van der Waals surface area (Å²) in [5.41, 5.74) is 16.0. The molecular weight excluding hydrogens is 502 g/mol. The molecule has 11 heteroatoms. The van der Waals surface area contributed by atoms with Crippen LogP contribution in [-0.2, 0) is 9.84 Å². The van der Waals surface area contributed by atoms with E-state index >= 15 is 0 Å². The van der Waals surface area contributed by atoms with Gasteiger partial charge < -0.3 is 16.4 Å². The molecule has 6 rings (SSSR count). The van der Waals surface area contributed by atoms with Crippen LogP contribution in [0, 0.1) is 0 Å². The highest BCUT2D eigenvalue weighted by Crippen LogP contribution is 2.50. The fourth-order valence-electron chi connectivity index (χ4n) is 6.40. The first-order chi connectivity index (χ1) is 18.1. The Bertz CT molecular complexity index is 1670. The van der Waals surface area contributed by atoms with E-state index in [-0.39, 0.29) is 22.7 Å². The summed E-state index contributed by atoms with van der Waals surface area (Å²) in [6, 6.07) is 13.2. The molecule has 0 saturated carbocycles. The standard InChI is InChI=1S/C27H29N7O3S/c1-27-11-10-19(33(27)26(29)35)12-18(13-27)22-23(38(2,36)37)24(28)34-25(32-22)20(15-31-34)17-8-9-21(30-14-17)16-6-4-3-5-7-16/h3-9,14-15,18-19H,10-13,28H2,1-2H3,(H2,29,35)/t18-,19-,27?/m0/s1. The van der Waals surface area contributed by atoms with E-state index in [2.05, 4.69) is 10.1 Å². The van der Waals surface area contributed by atoms with E-state index in [1.807, 2.05) is 49.4 Å². The molecule has 2 fully saturated rings. The molecular formula is C27H29N7O3S. The third kappa shape index (κ3) is 3.80. The molecule has 0 radical (unpaired) electrons. The van der Waals surface area contributed by atoms with Crippen molar-refractivity contribution in [3.63, 3.8) is 0 Å². The molecule has 38 heavy (non-hydrogen) atoms. The van der Waals surface area contributed by atoms with Crippen LogP contribution in [0.25, 0.3) is 28.0 Å². The van der Waals surface area contributed by atoms with E-state index < -0.39 is 21.4 Å². The molecule has 1 unspecified atom stereocenters. The Morgan fingerprint density at radius 2 is 1.87 bits per heavy atom. The van der Waals surface area contributed by atoms with Gasteiger partial charge in [0.25, 0.3) is 0 Å². The van der Waals surface area contributed by atoms with Crippen LogP contribution in [0.3, 0.4) is 0 Å². The lowest BCUT2D eigenvalue weighted by atomic mass is 9.81. The Kier molecular flexibility index (Phi) is 5.46. The largest absolute Gasteiger partial charge is 0.382 e. The second kappa shape index (κ2) is 8.52. The lowest BCUT2D eigenvalue weighted by Crippen LogP contribution is -2.55. The highest BCUT2D eigenvalue weighted by Gasteiger charge is 2.51. The molecule has 2 aliphatic heterocycles. The number of primary amides is 1. The van der Waals surface area contributed by atoms with Crippen molar-refractivity contribution in [2.75, 3.05) is 12.0 Å². The van der Waals surface area contributed by atoms with Gasteiger partial charge in [-0.05, 0) is 38.7 Å². The highest BCUT2D eigenvalue weighted by molar-refractivity contribution is 7.91. The number of nitrogens with zero attached hydrogens (tertiary/aromatic N) is 5. The molecule has 5 heterocycles. The number of nitrogens with two attached hydrogens (primary N) is 2. The summed E-state index contributed by atoms with van der Waals surface area (Å²) in [4.78, 5) is 23.5. The summed E-state index contributed by atoms with van der Waals surface area (Å²) >= 11 is 0. The van der Waals surface area contributed by atoms with Crippen LogP contribution < -0.4 is 11.5 Å². The molecule has 10 nitrogen and oxygen atoms in total. The molecule has 3 atom stereocenters. The lowest BCUT2D eigenvalue weighted by Gasteiger charge is -2.45. The van der Waals surface area contributed by atoms with E-state index in [9.17, 15) is 13.2 Å². The quantitative estimate of drug-likeness (QED) is 0.408. The van der Waals surface area contributed by atoms with Crippen molar-refractivity contribution < 1.29 is 13.2 Å². The third-order valence-corrected chi connectivity index (χ3v) is 9.17. The van der Waals surface area contributed by atoms with Crippen LogP contribution in [0.4, 0.5) is 10.6 Å². The molecule has 4 N–H and O–H groups in total. The van der Waals surface area contributed by atoms with Crippen LogP contribution in [0.1, 0.15) is 44.2 Å². The van der Waals surface area contributed by atoms with E-state index in [4.69, 9.17) is 16.5 Å². The molecule has 2 aliphatic rings. The highest BCUT2D eigenvalue weighted by atomic mass is 32.2. The van der Waals surface area contributed by atoms with Gasteiger partial charge in [-0.25, -0.2) is 18.2 Å². The molecule has 2 amide bonds. The molecule has 4 aromatic rings. The Labute approximate surface area is 220 Å². The number of piperidine rings is 1. The van der Waals surface area contributed by atoms with Crippen molar-refractivity contribution in [3.8, 4) is 22.4 Å². The van der Waals surface area contributed by atoms with Crippen molar-refractivity contribution in [2.45, 2.75) is 55.0 Å². The van der Waals surface area contributed by atoms with Crippen molar-refractivity contribution in [1.29, 1.82) is 0 Å². The maximum absolute atomic E-state index is 13.0. The number of urea groups is 1. The smallest absolute Gasteiger partial charge is 0.315 e. The van der Waals surface area contributed by atoms with E-state index in [0.29, 0.717) is 29.7 Å². The second-order valence-corrected chi connectivity index (χ2v) is 12.6. The van der Waals surface area contributed by atoms with Crippen molar-refractivity contribution >= 4 is 27.3 Å². The minimum absolute atomic E-state index is 0.00211. The number of nitrogen functional groups attached to an aromatic ring is 1. The first-order valence-electron chi connectivity index (χ1n) is 12.5. The van der Waals surface area contributed by atoms with Gasteiger partial charge >= 0.3 is 6.03 Å². The molecule has 1 aromatic carbocycles. The average Bonchev–Trinajstić information content (AvgIpc) is 3.40. The first-order valence-corrected chi connectivity index (χ1v) is 14.4. The maximum Gasteiger partial charge on any atom is 0.315 e. The number of hydrogen-bond donors (Lipinski definition) is 2. The van der Waals surface area contributed by atoms with E-state index in [1.165, 1.54) is 4.52 Å². The molecule has 3 aromatic heterocycles. The number of hydrogen-bond acceptors (Lipinski definition) is 7. The molecule has 0 aliphatic carbocycles. The van der Waals surface area contributed by atoms with Crippen LogP contribution >= 0.6 is 0 Å². The molecule has 0 spiro atoms. The molecule has 2 saturated heterocycles. The zero-order valence-corrected chi connectivity index (χ0v) is 22.0. The average molecular weight is 532 g/mol. The van der Waals surface area contributed by atoms with Crippen LogP contribution in [0.2, 0.25) is 0 Å². The SMILES string of the molecule is CC12CC[C@@H](C[C@H](c3nc4c(-c5ccc(-c6ccccc6)nc5)cnn4c(N)c3S(C)(=O)=O)C1)N2C(N)=O. The summed E-state index contributed by atoms with van der Waals surface area (Å²) in [6.07, 6.45) is 7.28. The number of carbonyl (C=O) groups excluding carboxylic acids is 1. The summed E-state index contributed by atoms with van der Waals surface area (Å²) in [7, 11) is -3.73. The number of pyridine rings is 1. The summed E-state index contributed by atoms with van der Waals surface area (Å²) in [6.45, 7) is 2.01. The zero-order chi connectivity index (χ0) is 26.8. The monoisotopic (exact) mass is 531 g/mol. The number of benzene rings is 1. The minimum atomic E-state index is -3.73. The summed E-state index contributed by atoms with van der Waals surface area (Å²) in [5.74, 6) is -0.177. The van der Waals surface area contributed by atoms with Gasteiger partial charge in [0, 0.05) is 46.6 Å². The lowest BCUT2D eigenvalue weighted by molar-refractivity contribution is 0.0892. The Morgan fingerprint density at radius 3 is 2.50 bits per heavy atom. The Balaban J connectivity index is 1.47. The Morgan fingerprint density at radius 1 is 1.11 bits per heavy atom. The number of anilines is 1. The number of fused-ring (bicyclic) bond motifs is 3. The number of aromatic nitrogens is 4. The zero-order valence-electron chi connectivity index (χ0n) is 21.2. The van der Waals surface area contributed by atoms with Crippen LogP contribution in [-0.4, -0.2) is 56.8 Å². The number of carbonyl (C=O) groups is 1. The molecule has 2 bridgehead atoms. The van der Waals surface area contributed by atoms with Gasteiger partial charge in [-0.15, -0.1) is 0 Å². The normalized spacial score (nSPS) is 23.2. The van der Waals surface area contributed by atoms with Gasteiger partial charge in [0.15, 0.2) is 15.5 Å². The third-order valence-electron chi connectivity index (χ3n) is 8.01. The van der Waals surface area contributed by atoms with E-state index in [1.54, 1.807) is 17.3 Å². The van der Waals surface area contributed by atoms with Crippen molar-refractivity contribution in [3.05, 3.63) is 60.6 Å². The predicted molar refractivity (Wildman–Crippen MR) is 144 cm³/mol. The van der Waals surface area contributed by atoms with Gasteiger partial charge in [-0.2, -0.15) is 9.61 Å². The van der Waals surface area contributed by atoms with Gasteiger partial charge in [0.05, 0.1) is 17.6 Å². The molecule has 196 valence electrons. The summed E-state index contributed by atoms with van der Waals surface area (Å²) in [5, 5.41) is 4.39. The number of amides is 2. The number of rotatable bonds is 4. The van der Waals surface area contributed by atoms with E-state index in [0.717, 1.165) is 35.9 Å². The van der Waals surface area contributed by atoms with Gasteiger partial charge in [-0.3, -0.25) is 4.98 Å². The van der Waals surface area contributed by atoms with Crippen LogP contribution in [0.15, 0.2) is 59.8 Å². The summed E-state index contributed by atoms with van der Waals surface area (Å²) < 4.78 is 27.4. The van der Waals surface area contributed by atoms with Crippen LogP contribution in [0.5, 0.6) is 0 Å². The van der Waals surface area contributed by atoms with Gasteiger partial charge in [-0.1, -0.05) is 36.4 Å². The minimum Gasteiger partial charge on any atom is -0.382 e. The number of sulfone groups is 1. The second-order valence-electron chi connectivity index (χ2n) is 10.6. The Hall–Kier alpha value is -3.99. The topological polar surface area (TPSA) is 150 Å². The van der Waals surface area contributed by atoms with Crippen molar-refractivity contribution in [2.24, 2.45) is 5.73 Å². The van der Waals surface area contributed by atoms with Gasteiger partial charge in [0.1, 0.15) is 10.7 Å². The maximum atomic E-state index is 13.0. The predicted octanol–water partition coefficient (Wildman–Crippen LogP) is 3.62. The van der Waals surface area contributed by atoms with Gasteiger partial charge in [0.2, 0.25) is 0 Å². The fraction of sp³-hybridized carbons (Fsp3) is 0.333. The fourth-order valence-corrected chi connectivity index (χ4v) is 7.46. The van der Waals surface area contributed by atoms with Crippen molar-refractivity contribution in [1.82, 2.24) is 24.5 Å². The first kappa shape index (κ1) is 24.4.